The number of carbonyl (C=O) groups is 2. The van der Waals surface area contributed by atoms with Gasteiger partial charge in [-0.15, -0.1) is 0 Å². The molecular weight excluding hydrogens is 442 g/mol. The molecular formula is C29H35NO5. The van der Waals surface area contributed by atoms with E-state index >= 15 is 0 Å². The van der Waals surface area contributed by atoms with E-state index < -0.39 is 17.7 Å². The second-order valence-corrected chi connectivity index (χ2v) is 9.49. The van der Waals surface area contributed by atoms with Crippen LogP contribution in [0.5, 0.6) is 11.5 Å². The Bertz CT molecular complexity index is 1110. The van der Waals surface area contributed by atoms with Crippen LogP contribution in [0.4, 0.5) is 0 Å². The topological polar surface area (TPSA) is 76.1 Å². The van der Waals surface area contributed by atoms with E-state index in [2.05, 4.69) is 13.8 Å². The van der Waals surface area contributed by atoms with E-state index in [-0.39, 0.29) is 17.4 Å². The summed E-state index contributed by atoms with van der Waals surface area (Å²) in [4.78, 5) is 28.4. The molecule has 1 aliphatic heterocycles. The largest absolute Gasteiger partial charge is 0.507 e. The van der Waals surface area contributed by atoms with Crippen LogP contribution in [0.15, 0.2) is 48.0 Å². The monoisotopic (exact) mass is 477 g/mol. The maximum absolute atomic E-state index is 13.4. The first-order chi connectivity index (χ1) is 16.9. The highest BCUT2D eigenvalue weighted by Crippen LogP contribution is 2.45. The van der Waals surface area contributed by atoms with Crippen molar-refractivity contribution in [1.82, 2.24) is 4.90 Å². The van der Waals surface area contributed by atoms with Crippen LogP contribution < -0.4 is 9.47 Å². The maximum Gasteiger partial charge on any atom is 0.295 e. The molecule has 2 aromatic carbocycles. The van der Waals surface area contributed by atoms with Gasteiger partial charge in [0.2, 0.25) is 0 Å². The van der Waals surface area contributed by atoms with Gasteiger partial charge in [-0.25, -0.2) is 0 Å². The van der Waals surface area contributed by atoms with Gasteiger partial charge in [0.05, 0.1) is 30.4 Å². The van der Waals surface area contributed by atoms with Gasteiger partial charge in [-0.05, 0) is 55.9 Å². The number of amides is 1. The molecule has 1 N–H and O–H groups in total. The minimum absolute atomic E-state index is 0.0155. The second-order valence-electron chi connectivity index (χ2n) is 9.49. The fourth-order valence-electron chi connectivity index (χ4n) is 5.17. The third kappa shape index (κ3) is 4.79. The summed E-state index contributed by atoms with van der Waals surface area (Å²) in [6, 6.07) is 12.5. The molecule has 35 heavy (non-hydrogen) atoms. The minimum atomic E-state index is -0.649. The van der Waals surface area contributed by atoms with Gasteiger partial charge >= 0.3 is 0 Å². The van der Waals surface area contributed by atoms with E-state index in [1.165, 1.54) is 5.56 Å². The number of benzene rings is 2. The average Bonchev–Trinajstić information content (AvgIpc) is 3.46. The van der Waals surface area contributed by atoms with Crippen LogP contribution in [0.1, 0.15) is 82.0 Å². The first-order valence-electron chi connectivity index (χ1n) is 12.7. The van der Waals surface area contributed by atoms with Gasteiger partial charge in [0, 0.05) is 12.1 Å². The van der Waals surface area contributed by atoms with Crippen LogP contribution >= 0.6 is 0 Å². The summed E-state index contributed by atoms with van der Waals surface area (Å²) in [5, 5.41) is 11.5. The third-order valence-electron chi connectivity index (χ3n) is 6.94. The van der Waals surface area contributed by atoms with E-state index in [1.807, 2.05) is 38.1 Å². The van der Waals surface area contributed by atoms with Gasteiger partial charge < -0.3 is 19.5 Å². The maximum atomic E-state index is 13.4. The number of ether oxygens (including phenoxy) is 2. The molecule has 0 radical (unpaired) electrons. The molecule has 186 valence electrons. The van der Waals surface area contributed by atoms with Gasteiger partial charge in [0.15, 0.2) is 0 Å². The zero-order chi connectivity index (χ0) is 25.1. The van der Waals surface area contributed by atoms with Gasteiger partial charge in [-0.2, -0.15) is 0 Å². The predicted octanol–water partition coefficient (Wildman–Crippen LogP) is 5.97. The van der Waals surface area contributed by atoms with E-state index in [4.69, 9.17) is 9.47 Å². The van der Waals surface area contributed by atoms with Crippen LogP contribution in [0, 0.1) is 0 Å². The van der Waals surface area contributed by atoms with Crippen molar-refractivity contribution in [2.75, 3.05) is 13.2 Å². The Morgan fingerprint density at radius 2 is 1.66 bits per heavy atom. The first-order valence-corrected chi connectivity index (χ1v) is 12.7. The van der Waals surface area contributed by atoms with Crippen molar-refractivity contribution >= 4 is 17.4 Å². The van der Waals surface area contributed by atoms with E-state index in [0.717, 1.165) is 31.2 Å². The number of hydrogen-bond donors (Lipinski definition) is 1. The van der Waals surface area contributed by atoms with Crippen LogP contribution in [0.3, 0.4) is 0 Å². The second kappa shape index (κ2) is 10.5. The fourth-order valence-corrected chi connectivity index (χ4v) is 5.17. The molecule has 2 fully saturated rings. The fraction of sp³-hybridized carbons (Fsp3) is 0.448. The van der Waals surface area contributed by atoms with Crippen LogP contribution in [0.25, 0.3) is 5.76 Å². The standard InChI is InChI=1S/C29H35NO5/c1-5-34-22-15-16-23(24(17-22)35-6-2)27(31)25-26(20-13-11-19(12-14-20)18(3)4)30(29(33)28(25)32)21-9-7-8-10-21/h11-18,21,26,31H,5-10H2,1-4H3/b27-25-. The number of aliphatic hydroxyl groups excluding tert-OH is 1. The summed E-state index contributed by atoms with van der Waals surface area (Å²) < 4.78 is 11.4. The summed E-state index contributed by atoms with van der Waals surface area (Å²) >= 11 is 0. The Kier molecular flexibility index (Phi) is 7.48. The average molecular weight is 478 g/mol. The van der Waals surface area contributed by atoms with Crippen molar-refractivity contribution in [1.29, 1.82) is 0 Å². The number of nitrogens with zero attached hydrogens (tertiary/aromatic N) is 1. The highest BCUT2D eigenvalue weighted by atomic mass is 16.5. The predicted molar refractivity (Wildman–Crippen MR) is 136 cm³/mol. The van der Waals surface area contributed by atoms with Crippen LogP contribution in [0.2, 0.25) is 0 Å². The Hall–Kier alpha value is -3.28. The van der Waals surface area contributed by atoms with Crippen molar-refractivity contribution in [3.05, 3.63) is 64.7 Å². The summed E-state index contributed by atoms with van der Waals surface area (Å²) in [5.74, 6) is -0.0169. The molecule has 1 atom stereocenters. The lowest BCUT2D eigenvalue weighted by molar-refractivity contribution is -0.141. The zero-order valence-corrected chi connectivity index (χ0v) is 21.0. The lowest BCUT2D eigenvalue weighted by Crippen LogP contribution is -2.37. The lowest BCUT2D eigenvalue weighted by atomic mass is 9.92. The molecule has 0 bridgehead atoms. The number of Topliss-reactive ketones (excluding diaryl/α,β-unsaturated/α-hetero) is 1. The van der Waals surface area contributed by atoms with Crippen molar-refractivity contribution in [3.63, 3.8) is 0 Å². The highest BCUT2D eigenvalue weighted by Gasteiger charge is 2.49. The Morgan fingerprint density at radius 1 is 1.00 bits per heavy atom. The zero-order valence-electron chi connectivity index (χ0n) is 21.0. The van der Waals surface area contributed by atoms with Gasteiger partial charge in [0.1, 0.15) is 17.3 Å². The number of hydrogen-bond acceptors (Lipinski definition) is 5. The van der Waals surface area contributed by atoms with Crippen molar-refractivity contribution < 1.29 is 24.2 Å². The molecule has 0 aromatic heterocycles. The van der Waals surface area contributed by atoms with Crippen molar-refractivity contribution in [2.24, 2.45) is 0 Å². The number of likely N-dealkylation sites (tertiary alicyclic amines) is 1. The molecule has 1 heterocycles. The van der Waals surface area contributed by atoms with E-state index in [9.17, 15) is 14.7 Å². The quantitative estimate of drug-likeness (QED) is 0.288. The Morgan fingerprint density at radius 3 is 2.26 bits per heavy atom. The van der Waals surface area contributed by atoms with Crippen molar-refractivity contribution in [3.8, 4) is 11.5 Å². The summed E-state index contributed by atoms with van der Waals surface area (Å²) in [6.45, 7) is 8.87. The molecule has 0 spiro atoms. The molecule has 2 aromatic rings. The molecule has 6 nitrogen and oxygen atoms in total. The van der Waals surface area contributed by atoms with Crippen LogP contribution in [-0.2, 0) is 9.59 Å². The van der Waals surface area contributed by atoms with E-state index in [0.29, 0.717) is 36.2 Å². The minimum Gasteiger partial charge on any atom is -0.507 e. The molecule has 1 saturated carbocycles. The smallest absolute Gasteiger partial charge is 0.295 e. The van der Waals surface area contributed by atoms with Gasteiger partial charge in [-0.1, -0.05) is 51.0 Å². The Labute approximate surface area is 207 Å². The summed E-state index contributed by atoms with van der Waals surface area (Å²) in [7, 11) is 0. The number of carbonyl (C=O) groups excluding carboxylic acids is 2. The van der Waals surface area contributed by atoms with E-state index in [1.54, 1.807) is 23.1 Å². The van der Waals surface area contributed by atoms with Crippen molar-refractivity contribution in [2.45, 2.75) is 71.4 Å². The highest BCUT2D eigenvalue weighted by molar-refractivity contribution is 6.46. The summed E-state index contributed by atoms with van der Waals surface area (Å²) in [6.07, 6.45) is 3.78. The van der Waals surface area contributed by atoms with Gasteiger partial charge in [0.25, 0.3) is 11.7 Å². The normalized spacial score (nSPS) is 20.1. The molecule has 2 aliphatic rings. The number of ketones is 1. The third-order valence-corrected chi connectivity index (χ3v) is 6.94. The molecule has 1 aliphatic carbocycles. The molecule has 1 unspecified atom stereocenters. The summed E-state index contributed by atoms with van der Waals surface area (Å²) in [5.41, 5.74) is 2.50. The lowest BCUT2D eigenvalue weighted by Gasteiger charge is -2.31. The number of rotatable bonds is 8. The van der Waals surface area contributed by atoms with Crippen LogP contribution in [-0.4, -0.2) is 41.0 Å². The molecule has 4 rings (SSSR count). The molecule has 1 amide bonds. The number of aliphatic hydroxyl groups is 1. The Balaban J connectivity index is 1.87. The SMILES string of the molecule is CCOc1ccc(/C(O)=C2/C(=O)C(=O)N(C3CCCC3)C2c2ccc(C(C)C)cc2)c(OCC)c1. The molecule has 6 heteroatoms. The first kappa shape index (κ1) is 24.8. The molecule has 1 saturated heterocycles. The van der Waals surface area contributed by atoms with Gasteiger partial charge in [-0.3, -0.25) is 9.59 Å².